The van der Waals surface area contributed by atoms with E-state index in [2.05, 4.69) is 53.8 Å². The smallest absolute Gasteiger partial charge is 0.230 e. The lowest BCUT2D eigenvalue weighted by atomic mass is 9.97. The van der Waals surface area contributed by atoms with Crippen LogP contribution in [0.1, 0.15) is 50.7 Å². The predicted octanol–water partition coefficient (Wildman–Crippen LogP) is 3.21. The second kappa shape index (κ2) is 3.78. The highest BCUT2D eigenvalue weighted by Gasteiger charge is 2.23. The highest BCUT2D eigenvalue weighted by molar-refractivity contribution is 9.09. The van der Waals surface area contributed by atoms with Crippen molar-refractivity contribution in [3.8, 4) is 0 Å². The summed E-state index contributed by atoms with van der Waals surface area (Å²) >= 11 is 3.47. The molecule has 0 radical (unpaired) electrons. The summed E-state index contributed by atoms with van der Waals surface area (Å²) < 4.78 is 5.53. The van der Waals surface area contributed by atoms with E-state index in [1.807, 2.05) is 0 Å². The summed E-state index contributed by atoms with van der Waals surface area (Å²) in [7, 11) is 0. The molecule has 13 heavy (non-hydrogen) atoms. The van der Waals surface area contributed by atoms with Crippen LogP contribution in [0.5, 0.6) is 0 Å². The molecule has 1 rings (SSSR count). The lowest BCUT2D eigenvalue weighted by molar-refractivity contribution is 0.370. The van der Waals surface area contributed by atoms with E-state index < -0.39 is 0 Å². The van der Waals surface area contributed by atoms with E-state index in [9.17, 15) is 0 Å². The van der Waals surface area contributed by atoms with Crippen LogP contribution in [-0.4, -0.2) is 10.2 Å². The highest BCUT2D eigenvalue weighted by Crippen LogP contribution is 2.28. The number of hydrogen-bond donors (Lipinski definition) is 0. The molecule has 0 saturated carbocycles. The summed E-state index contributed by atoms with van der Waals surface area (Å²) in [5.41, 5.74) is -0.0638. The Hall–Kier alpha value is -0.380. The molecule has 1 aromatic rings. The second-order valence-electron chi connectivity index (χ2n) is 4.07. The standard InChI is InChI=1S/C9H15BrN2O/c1-5-6(10)7-11-12-8(13-7)9(2,3)4/h6H,5H2,1-4H3. The lowest BCUT2D eigenvalue weighted by Crippen LogP contribution is -2.11. The molecule has 4 heteroatoms. The van der Waals surface area contributed by atoms with Crippen LogP contribution in [0.4, 0.5) is 0 Å². The zero-order valence-corrected chi connectivity index (χ0v) is 10.1. The summed E-state index contributed by atoms with van der Waals surface area (Å²) in [6, 6.07) is 0. The van der Waals surface area contributed by atoms with Crippen molar-refractivity contribution in [2.45, 2.75) is 44.4 Å². The molecule has 0 bridgehead atoms. The van der Waals surface area contributed by atoms with Gasteiger partial charge in [0.2, 0.25) is 11.8 Å². The number of alkyl halides is 1. The van der Waals surface area contributed by atoms with Crippen LogP contribution in [0.15, 0.2) is 4.42 Å². The molecule has 0 N–H and O–H groups in total. The Balaban J connectivity index is 2.87. The highest BCUT2D eigenvalue weighted by atomic mass is 79.9. The number of rotatable bonds is 2. The second-order valence-corrected chi connectivity index (χ2v) is 5.18. The molecule has 0 aliphatic rings. The van der Waals surface area contributed by atoms with Gasteiger partial charge in [-0.15, -0.1) is 10.2 Å². The van der Waals surface area contributed by atoms with Crippen LogP contribution in [0.25, 0.3) is 0 Å². The maximum atomic E-state index is 5.53. The Morgan fingerprint density at radius 2 is 2.00 bits per heavy atom. The topological polar surface area (TPSA) is 38.9 Å². The lowest BCUT2D eigenvalue weighted by Gasteiger charge is -2.11. The van der Waals surface area contributed by atoms with Crippen LogP contribution < -0.4 is 0 Å². The summed E-state index contributed by atoms with van der Waals surface area (Å²) in [4.78, 5) is 0.177. The maximum Gasteiger partial charge on any atom is 0.230 e. The van der Waals surface area contributed by atoms with Crippen molar-refractivity contribution in [2.75, 3.05) is 0 Å². The number of nitrogens with zero attached hydrogens (tertiary/aromatic N) is 2. The number of aromatic nitrogens is 2. The fraction of sp³-hybridized carbons (Fsp3) is 0.778. The molecule has 0 aliphatic carbocycles. The molecule has 0 aliphatic heterocycles. The minimum absolute atomic E-state index is 0.0638. The quantitative estimate of drug-likeness (QED) is 0.753. The van der Waals surface area contributed by atoms with Gasteiger partial charge in [-0.3, -0.25) is 0 Å². The normalized spacial score (nSPS) is 14.5. The molecule has 3 nitrogen and oxygen atoms in total. The van der Waals surface area contributed by atoms with Crippen LogP contribution in [-0.2, 0) is 5.41 Å². The predicted molar refractivity (Wildman–Crippen MR) is 55.0 cm³/mol. The van der Waals surface area contributed by atoms with Crippen molar-refractivity contribution in [1.82, 2.24) is 10.2 Å². The van der Waals surface area contributed by atoms with Gasteiger partial charge in [0.25, 0.3) is 0 Å². The summed E-state index contributed by atoms with van der Waals surface area (Å²) in [5, 5.41) is 8.00. The third-order valence-electron chi connectivity index (χ3n) is 1.71. The Labute approximate surface area is 87.1 Å². The molecule has 1 unspecified atom stereocenters. The van der Waals surface area contributed by atoms with Crippen molar-refractivity contribution in [1.29, 1.82) is 0 Å². The zero-order valence-electron chi connectivity index (χ0n) is 8.47. The van der Waals surface area contributed by atoms with Crippen LogP contribution >= 0.6 is 15.9 Å². The fourth-order valence-electron chi connectivity index (χ4n) is 0.839. The van der Waals surface area contributed by atoms with Gasteiger partial charge in [0.15, 0.2) is 0 Å². The molecule has 1 atom stereocenters. The van der Waals surface area contributed by atoms with Gasteiger partial charge in [-0.1, -0.05) is 43.6 Å². The molecule has 0 saturated heterocycles. The van der Waals surface area contributed by atoms with Gasteiger partial charge >= 0.3 is 0 Å². The summed E-state index contributed by atoms with van der Waals surface area (Å²) in [6.45, 7) is 8.23. The van der Waals surface area contributed by atoms with Crippen LogP contribution in [0.2, 0.25) is 0 Å². The first kappa shape index (κ1) is 10.7. The molecular weight excluding hydrogens is 232 g/mol. The van der Waals surface area contributed by atoms with Gasteiger partial charge in [0.1, 0.15) is 0 Å². The van der Waals surface area contributed by atoms with Crippen LogP contribution in [0, 0.1) is 0 Å². The molecule has 0 spiro atoms. The zero-order chi connectivity index (χ0) is 10.1. The van der Waals surface area contributed by atoms with E-state index in [4.69, 9.17) is 4.42 Å². The summed E-state index contributed by atoms with van der Waals surface area (Å²) in [6.07, 6.45) is 0.950. The van der Waals surface area contributed by atoms with Crippen molar-refractivity contribution in [2.24, 2.45) is 0 Å². The van der Waals surface area contributed by atoms with Gasteiger partial charge in [-0.25, -0.2) is 0 Å². The minimum Gasteiger partial charge on any atom is -0.423 e. The molecule has 0 fully saturated rings. The summed E-state index contributed by atoms with van der Waals surface area (Å²) in [5.74, 6) is 1.37. The third-order valence-corrected chi connectivity index (χ3v) is 2.75. The molecular formula is C9H15BrN2O. The van der Waals surface area contributed by atoms with E-state index in [1.54, 1.807) is 0 Å². The first-order chi connectivity index (χ1) is 5.95. The average Bonchev–Trinajstić information content (AvgIpc) is 2.50. The van der Waals surface area contributed by atoms with E-state index in [0.29, 0.717) is 11.8 Å². The van der Waals surface area contributed by atoms with Crippen molar-refractivity contribution in [3.05, 3.63) is 11.8 Å². The molecule has 1 aromatic heterocycles. The van der Waals surface area contributed by atoms with Crippen LogP contribution in [0.3, 0.4) is 0 Å². The Morgan fingerprint density at radius 1 is 1.38 bits per heavy atom. The first-order valence-electron chi connectivity index (χ1n) is 4.43. The largest absolute Gasteiger partial charge is 0.423 e. The van der Waals surface area contributed by atoms with Gasteiger partial charge in [0, 0.05) is 5.41 Å². The minimum atomic E-state index is -0.0638. The Bertz CT molecular complexity index is 277. The molecule has 74 valence electrons. The molecule has 0 aromatic carbocycles. The van der Waals surface area contributed by atoms with E-state index in [0.717, 1.165) is 6.42 Å². The fourth-order valence-corrected chi connectivity index (χ4v) is 1.02. The van der Waals surface area contributed by atoms with Crippen molar-refractivity contribution in [3.63, 3.8) is 0 Å². The van der Waals surface area contributed by atoms with Crippen molar-refractivity contribution < 1.29 is 4.42 Å². The van der Waals surface area contributed by atoms with Gasteiger partial charge in [-0.2, -0.15) is 0 Å². The number of halogens is 1. The number of hydrogen-bond acceptors (Lipinski definition) is 3. The monoisotopic (exact) mass is 246 g/mol. The van der Waals surface area contributed by atoms with Gasteiger partial charge < -0.3 is 4.42 Å². The molecule has 1 heterocycles. The maximum absolute atomic E-state index is 5.53. The Morgan fingerprint density at radius 3 is 2.38 bits per heavy atom. The van der Waals surface area contributed by atoms with E-state index in [1.165, 1.54) is 0 Å². The Kier molecular flexibility index (Phi) is 3.11. The van der Waals surface area contributed by atoms with E-state index >= 15 is 0 Å². The third kappa shape index (κ3) is 2.53. The van der Waals surface area contributed by atoms with Gasteiger partial charge in [0.05, 0.1) is 4.83 Å². The average molecular weight is 247 g/mol. The van der Waals surface area contributed by atoms with Crippen molar-refractivity contribution >= 4 is 15.9 Å². The SMILES string of the molecule is CCC(Br)c1nnc(C(C)(C)C)o1. The van der Waals surface area contributed by atoms with Gasteiger partial charge in [-0.05, 0) is 6.42 Å². The first-order valence-corrected chi connectivity index (χ1v) is 5.34. The van der Waals surface area contributed by atoms with E-state index in [-0.39, 0.29) is 10.2 Å². The molecule has 0 amide bonds.